The highest BCUT2D eigenvalue weighted by Gasteiger charge is 2.09. The van der Waals surface area contributed by atoms with Crippen LogP contribution in [-0.2, 0) is 0 Å². The number of aromatic nitrogens is 2. The SMILES string of the molecule is Cc1ncncc1NCCC(C)(C)C. The molecule has 0 bridgehead atoms. The Hall–Kier alpha value is -1.12. The first kappa shape index (κ1) is 11.0. The molecule has 1 aromatic heterocycles. The first-order chi connectivity index (χ1) is 6.49. The quantitative estimate of drug-likeness (QED) is 0.802. The van der Waals surface area contributed by atoms with Crippen molar-refractivity contribution in [3.8, 4) is 0 Å². The van der Waals surface area contributed by atoms with Gasteiger partial charge in [0.15, 0.2) is 0 Å². The van der Waals surface area contributed by atoms with E-state index in [4.69, 9.17) is 0 Å². The summed E-state index contributed by atoms with van der Waals surface area (Å²) >= 11 is 0. The van der Waals surface area contributed by atoms with Gasteiger partial charge in [0, 0.05) is 6.54 Å². The maximum absolute atomic E-state index is 4.12. The molecule has 0 amide bonds. The molecule has 3 heteroatoms. The van der Waals surface area contributed by atoms with Gasteiger partial charge in [-0.15, -0.1) is 0 Å². The van der Waals surface area contributed by atoms with Crippen LogP contribution in [0.1, 0.15) is 32.9 Å². The summed E-state index contributed by atoms with van der Waals surface area (Å²) in [5, 5.41) is 3.34. The molecule has 0 atom stereocenters. The molecular weight excluding hydrogens is 174 g/mol. The summed E-state index contributed by atoms with van der Waals surface area (Å²) in [6.45, 7) is 9.67. The van der Waals surface area contributed by atoms with E-state index in [1.165, 1.54) is 0 Å². The van der Waals surface area contributed by atoms with Crippen molar-refractivity contribution < 1.29 is 0 Å². The van der Waals surface area contributed by atoms with Crippen LogP contribution >= 0.6 is 0 Å². The molecule has 1 heterocycles. The van der Waals surface area contributed by atoms with Crippen molar-refractivity contribution in [1.82, 2.24) is 9.97 Å². The second kappa shape index (κ2) is 4.40. The van der Waals surface area contributed by atoms with E-state index < -0.39 is 0 Å². The van der Waals surface area contributed by atoms with Gasteiger partial charge in [-0.2, -0.15) is 0 Å². The average Bonchev–Trinajstić information content (AvgIpc) is 2.06. The summed E-state index contributed by atoms with van der Waals surface area (Å²) in [7, 11) is 0. The van der Waals surface area contributed by atoms with Crippen LogP contribution < -0.4 is 5.32 Å². The summed E-state index contributed by atoms with van der Waals surface area (Å²) in [5.41, 5.74) is 2.42. The highest BCUT2D eigenvalue weighted by molar-refractivity contribution is 5.44. The Balaban J connectivity index is 2.43. The molecule has 1 N–H and O–H groups in total. The smallest absolute Gasteiger partial charge is 0.115 e. The summed E-state index contributed by atoms with van der Waals surface area (Å²) in [6.07, 6.45) is 4.54. The molecule has 0 spiro atoms. The third-order valence-electron chi connectivity index (χ3n) is 2.10. The summed E-state index contributed by atoms with van der Waals surface area (Å²) in [4.78, 5) is 8.11. The normalized spacial score (nSPS) is 11.4. The molecule has 1 aromatic rings. The molecule has 1 rings (SSSR count). The van der Waals surface area contributed by atoms with Gasteiger partial charge >= 0.3 is 0 Å². The molecule has 0 fully saturated rings. The van der Waals surface area contributed by atoms with E-state index >= 15 is 0 Å². The van der Waals surface area contributed by atoms with Crippen molar-refractivity contribution in [1.29, 1.82) is 0 Å². The Morgan fingerprint density at radius 3 is 2.64 bits per heavy atom. The largest absolute Gasteiger partial charge is 0.382 e. The predicted octanol–water partition coefficient (Wildman–Crippen LogP) is 2.63. The number of rotatable bonds is 3. The van der Waals surface area contributed by atoms with Gasteiger partial charge < -0.3 is 5.32 Å². The van der Waals surface area contributed by atoms with Crippen molar-refractivity contribution in [3.63, 3.8) is 0 Å². The minimum absolute atomic E-state index is 0.372. The van der Waals surface area contributed by atoms with Gasteiger partial charge in [0.05, 0.1) is 17.6 Å². The summed E-state index contributed by atoms with van der Waals surface area (Å²) in [5.74, 6) is 0. The molecule has 0 unspecified atom stereocenters. The number of hydrogen-bond donors (Lipinski definition) is 1. The van der Waals surface area contributed by atoms with Gasteiger partial charge in [0.25, 0.3) is 0 Å². The lowest BCUT2D eigenvalue weighted by molar-refractivity contribution is 0.389. The van der Waals surface area contributed by atoms with Crippen molar-refractivity contribution in [2.75, 3.05) is 11.9 Å². The lowest BCUT2D eigenvalue weighted by atomic mass is 9.92. The Morgan fingerprint density at radius 1 is 1.36 bits per heavy atom. The standard InChI is InChI=1S/C11H19N3/c1-9-10(7-12-8-14-9)13-6-5-11(2,3)4/h7-8,13H,5-6H2,1-4H3. The zero-order valence-corrected chi connectivity index (χ0v) is 9.46. The van der Waals surface area contributed by atoms with E-state index in [1.807, 2.05) is 13.1 Å². The molecule has 0 aromatic carbocycles. The van der Waals surface area contributed by atoms with Crippen LogP contribution in [0.25, 0.3) is 0 Å². The topological polar surface area (TPSA) is 37.8 Å². The second-order valence-corrected chi connectivity index (χ2v) is 4.76. The fraction of sp³-hybridized carbons (Fsp3) is 0.636. The van der Waals surface area contributed by atoms with Crippen LogP contribution in [0.15, 0.2) is 12.5 Å². The van der Waals surface area contributed by atoms with Gasteiger partial charge in [-0.05, 0) is 18.8 Å². The highest BCUT2D eigenvalue weighted by atomic mass is 14.9. The van der Waals surface area contributed by atoms with Crippen LogP contribution in [-0.4, -0.2) is 16.5 Å². The second-order valence-electron chi connectivity index (χ2n) is 4.76. The maximum atomic E-state index is 4.12. The zero-order valence-electron chi connectivity index (χ0n) is 9.46. The molecule has 14 heavy (non-hydrogen) atoms. The third kappa shape index (κ3) is 3.73. The van der Waals surface area contributed by atoms with Crippen LogP contribution in [0.4, 0.5) is 5.69 Å². The number of hydrogen-bond acceptors (Lipinski definition) is 3. The third-order valence-corrected chi connectivity index (χ3v) is 2.10. The molecule has 0 aliphatic carbocycles. The molecular formula is C11H19N3. The first-order valence-electron chi connectivity index (χ1n) is 4.99. The summed E-state index contributed by atoms with van der Waals surface area (Å²) in [6, 6.07) is 0. The van der Waals surface area contributed by atoms with Crippen LogP contribution in [0, 0.1) is 12.3 Å². The van der Waals surface area contributed by atoms with Gasteiger partial charge in [-0.25, -0.2) is 9.97 Å². The molecule has 0 aliphatic rings. The predicted molar refractivity (Wildman–Crippen MR) is 59.3 cm³/mol. The minimum Gasteiger partial charge on any atom is -0.382 e. The van der Waals surface area contributed by atoms with Crippen molar-refractivity contribution in [3.05, 3.63) is 18.2 Å². The number of nitrogens with zero attached hydrogens (tertiary/aromatic N) is 2. The van der Waals surface area contributed by atoms with E-state index in [0.29, 0.717) is 5.41 Å². The molecule has 0 saturated heterocycles. The lowest BCUT2D eigenvalue weighted by Gasteiger charge is -2.18. The lowest BCUT2D eigenvalue weighted by Crippen LogP contribution is -2.13. The molecule has 0 radical (unpaired) electrons. The van der Waals surface area contributed by atoms with Gasteiger partial charge in [0.1, 0.15) is 6.33 Å². The van der Waals surface area contributed by atoms with Crippen molar-refractivity contribution in [2.24, 2.45) is 5.41 Å². The van der Waals surface area contributed by atoms with Gasteiger partial charge in [-0.3, -0.25) is 0 Å². The Kier molecular flexibility index (Phi) is 3.44. The monoisotopic (exact) mass is 193 g/mol. The first-order valence-corrected chi connectivity index (χ1v) is 4.99. The number of anilines is 1. The van der Waals surface area contributed by atoms with Gasteiger partial charge in [-0.1, -0.05) is 20.8 Å². The van der Waals surface area contributed by atoms with E-state index in [-0.39, 0.29) is 0 Å². The molecule has 0 saturated carbocycles. The maximum Gasteiger partial charge on any atom is 0.115 e. The van der Waals surface area contributed by atoms with Crippen LogP contribution in [0.3, 0.4) is 0 Å². The van der Waals surface area contributed by atoms with E-state index in [0.717, 1.165) is 24.3 Å². The fourth-order valence-corrected chi connectivity index (χ4v) is 1.14. The van der Waals surface area contributed by atoms with Gasteiger partial charge in [0.2, 0.25) is 0 Å². The number of nitrogens with one attached hydrogen (secondary N) is 1. The van der Waals surface area contributed by atoms with Crippen LogP contribution in [0.5, 0.6) is 0 Å². The Morgan fingerprint density at radius 2 is 2.07 bits per heavy atom. The van der Waals surface area contributed by atoms with Crippen molar-refractivity contribution >= 4 is 5.69 Å². The molecule has 3 nitrogen and oxygen atoms in total. The Bertz CT molecular complexity index is 289. The summed E-state index contributed by atoms with van der Waals surface area (Å²) < 4.78 is 0. The molecule has 78 valence electrons. The molecule has 0 aliphatic heterocycles. The van der Waals surface area contributed by atoms with Crippen molar-refractivity contribution in [2.45, 2.75) is 34.1 Å². The fourth-order valence-electron chi connectivity index (χ4n) is 1.14. The van der Waals surface area contributed by atoms with E-state index in [2.05, 4.69) is 36.1 Å². The Labute approximate surface area is 86.0 Å². The van der Waals surface area contributed by atoms with Crippen LogP contribution in [0.2, 0.25) is 0 Å². The number of aryl methyl sites for hydroxylation is 1. The minimum atomic E-state index is 0.372. The zero-order chi connectivity index (χ0) is 10.6. The van der Waals surface area contributed by atoms with E-state index in [1.54, 1.807) is 6.33 Å². The van der Waals surface area contributed by atoms with E-state index in [9.17, 15) is 0 Å². The average molecular weight is 193 g/mol. The highest BCUT2D eigenvalue weighted by Crippen LogP contribution is 2.18.